The Morgan fingerprint density at radius 1 is 1.33 bits per heavy atom. The minimum Gasteiger partial charge on any atom is -0.508 e. The third kappa shape index (κ3) is 4.12. The molecule has 0 amide bonds. The lowest BCUT2D eigenvalue weighted by Gasteiger charge is -2.09. The highest BCUT2D eigenvalue weighted by molar-refractivity contribution is 7.80. The van der Waals surface area contributed by atoms with Crippen LogP contribution in [0.15, 0.2) is 24.3 Å². The fourth-order valence-corrected chi connectivity index (χ4v) is 1.23. The first kappa shape index (κ1) is 11.7. The number of para-hydroxylation sites is 1. The van der Waals surface area contributed by atoms with Crippen molar-refractivity contribution in [2.24, 2.45) is 0 Å². The van der Waals surface area contributed by atoms with Gasteiger partial charge in [0.25, 0.3) is 0 Å². The molecule has 0 aromatic heterocycles. The van der Waals surface area contributed by atoms with Crippen LogP contribution in [-0.4, -0.2) is 23.4 Å². The van der Waals surface area contributed by atoms with E-state index in [0.29, 0.717) is 11.7 Å². The van der Waals surface area contributed by atoms with E-state index in [0.717, 1.165) is 5.56 Å². The number of hydrogen-bond acceptors (Lipinski definition) is 2. The molecule has 0 heterocycles. The number of halogens is 1. The van der Waals surface area contributed by atoms with Crippen LogP contribution in [0.1, 0.15) is 5.56 Å². The fraction of sp³-hybridized carbons (Fsp3) is 0.300. The van der Waals surface area contributed by atoms with Crippen LogP contribution in [0.4, 0.5) is 4.39 Å². The van der Waals surface area contributed by atoms with Crippen LogP contribution in [0.2, 0.25) is 0 Å². The zero-order valence-corrected chi connectivity index (χ0v) is 8.98. The van der Waals surface area contributed by atoms with Crippen molar-refractivity contribution in [3.63, 3.8) is 0 Å². The number of alkyl halides is 1. The van der Waals surface area contributed by atoms with Crippen molar-refractivity contribution in [1.29, 1.82) is 0 Å². The predicted octanol–water partition coefficient (Wildman–Crippen LogP) is 1.33. The number of nitrogens with one attached hydrogen (secondary N) is 2. The average Bonchev–Trinajstić information content (AvgIpc) is 2.25. The highest BCUT2D eigenvalue weighted by atomic mass is 32.1. The van der Waals surface area contributed by atoms with Gasteiger partial charge in [-0.1, -0.05) is 18.2 Å². The van der Waals surface area contributed by atoms with Gasteiger partial charge in [-0.05, 0) is 18.3 Å². The summed E-state index contributed by atoms with van der Waals surface area (Å²) in [4.78, 5) is 0. The molecule has 3 N–H and O–H groups in total. The van der Waals surface area contributed by atoms with Crippen LogP contribution in [0, 0.1) is 0 Å². The Kier molecular flexibility index (Phi) is 4.83. The van der Waals surface area contributed by atoms with Crippen molar-refractivity contribution in [3.05, 3.63) is 29.8 Å². The molecular formula is C10H13FN2OS. The Bertz CT molecular complexity index is 333. The summed E-state index contributed by atoms with van der Waals surface area (Å²) < 4.78 is 11.8. The van der Waals surface area contributed by atoms with Gasteiger partial charge in [0.2, 0.25) is 0 Å². The van der Waals surface area contributed by atoms with Gasteiger partial charge in [0.05, 0.1) is 0 Å². The third-order valence-electron chi connectivity index (χ3n) is 1.81. The highest BCUT2D eigenvalue weighted by Crippen LogP contribution is 2.14. The number of benzene rings is 1. The van der Waals surface area contributed by atoms with Gasteiger partial charge in [-0.25, -0.2) is 4.39 Å². The van der Waals surface area contributed by atoms with E-state index < -0.39 is 6.67 Å². The first-order valence-electron chi connectivity index (χ1n) is 4.58. The quantitative estimate of drug-likeness (QED) is 0.680. The second-order valence-electron chi connectivity index (χ2n) is 2.93. The van der Waals surface area contributed by atoms with Crippen LogP contribution in [0.25, 0.3) is 0 Å². The van der Waals surface area contributed by atoms with Crippen LogP contribution < -0.4 is 10.6 Å². The van der Waals surface area contributed by atoms with E-state index >= 15 is 0 Å². The van der Waals surface area contributed by atoms with Crippen LogP contribution >= 0.6 is 12.2 Å². The van der Waals surface area contributed by atoms with Crippen LogP contribution in [0.3, 0.4) is 0 Å². The van der Waals surface area contributed by atoms with Crippen molar-refractivity contribution in [3.8, 4) is 5.75 Å². The minimum absolute atomic E-state index is 0.201. The van der Waals surface area contributed by atoms with Gasteiger partial charge in [0.15, 0.2) is 5.11 Å². The molecule has 0 radical (unpaired) electrons. The first-order chi connectivity index (χ1) is 7.24. The summed E-state index contributed by atoms with van der Waals surface area (Å²) in [5.74, 6) is 0.221. The van der Waals surface area contributed by atoms with Crippen LogP contribution in [-0.2, 0) is 6.54 Å². The second kappa shape index (κ2) is 6.19. The maximum atomic E-state index is 11.8. The summed E-state index contributed by atoms with van der Waals surface area (Å²) in [5.41, 5.74) is 0.752. The topological polar surface area (TPSA) is 44.3 Å². The number of aromatic hydroxyl groups is 1. The summed E-state index contributed by atoms with van der Waals surface area (Å²) in [5, 5.41) is 15.4. The summed E-state index contributed by atoms with van der Waals surface area (Å²) in [6, 6.07) is 6.97. The van der Waals surface area contributed by atoms with E-state index in [1.165, 1.54) is 0 Å². The van der Waals surface area contributed by atoms with E-state index in [-0.39, 0.29) is 12.3 Å². The van der Waals surface area contributed by atoms with Gasteiger partial charge >= 0.3 is 0 Å². The average molecular weight is 228 g/mol. The third-order valence-corrected chi connectivity index (χ3v) is 2.10. The fourth-order valence-electron chi connectivity index (χ4n) is 1.06. The Balaban J connectivity index is 2.37. The maximum absolute atomic E-state index is 11.8. The molecule has 0 aliphatic heterocycles. The van der Waals surface area contributed by atoms with Gasteiger partial charge in [0.1, 0.15) is 12.4 Å². The first-order valence-corrected chi connectivity index (χ1v) is 4.99. The normalized spacial score (nSPS) is 9.67. The number of phenolic OH excluding ortho intramolecular Hbond substituents is 1. The van der Waals surface area contributed by atoms with Crippen molar-refractivity contribution >= 4 is 17.3 Å². The largest absolute Gasteiger partial charge is 0.508 e. The number of rotatable bonds is 4. The SMILES string of the molecule is Oc1ccccc1CNC(=S)NCCF. The highest BCUT2D eigenvalue weighted by Gasteiger charge is 2.00. The Morgan fingerprint density at radius 2 is 2.07 bits per heavy atom. The Morgan fingerprint density at radius 3 is 2.73 bits per heavy atom. The Labute approximate surface area is 93.3 Å². The smallest absolute Gasteiger partial charge is 0.166 e. The molecule has 82 valence electrons. The predicted molar refractivity (Wildman–Crippen MR) is 61.5 cm³/mol. The van der Waals surface area contributed by atoms with Crippen molar-refractivity contribution in [2.75, 3.05) is 13.2 Å². The zero-order valence-electron chi connectivity index (χ0n) is 8.16. The molecule has 0 fully saturated rings. The molecule has 1 aromatic carbocycles. The molecule has 0 aliphatic carbocycles. The lowest BCUT2D eigenvalue weighted by atomic mass is 10.2. The lowest BCUT2D eigenvalue weighted by molar-refractivity contribution is 0.466. The second-order valence-corrected chi connectivity index (χ2v) is 3.34. The molecule has 1 aromatic rings. The van der Waals surface area contributed by atoms with E-state index in [1.54, 1.807) is 18.2 Å². The molecule has 0 unspecified atom stereocenters. The molecule has 0 bridgehead atoms. The zero-order chi connectivity index (χ0) is 11.1. The number of thiocarbonyl (C=S) groups is 1. The van der Waals surface area contributed by atoms with E-state index in [9.17, 15) is 9.50 Å². The molecule has 5 heteroatoms. The maximum Gasteiger partial charge on any atom is 0.166 e. The van der Waals surface area contributed by atoms with Gasteiger partial charge in [-0.3, -0.25) is 0 Å². The molecule has 15 heavy (non-hydrogen) atoms. The summed E-state index contributed by atoms with van der Waals surface area (Å²) in [6.07, 6.45) is 0. The van der Waals surface area contributed by atoms with Gasteiger partial charge in [-0.15, -0.1) is 0 Å². The lowest BCUT2D eigenvalue weighted by Crippen LogP contribution is -2.35. The monoisotopic (exact) mass is 228 g/mol. The molecule has 0 aliphatic rings. The van der Waals surface area contributed by atoms with Crippen molar-refractivity contribution in [1.82, 2.24) is 10.6 Å². The minimum atomic E-state index is -0.460. The molecule has 0 saturated heterocycles. The number of hydrogen-bond donors (Lipinski definition) is 3. The summed E-state index contributed by atoms with van der Waals surface area (Å²) in [6.45, 7) is 0.163. The van der Waals surface area contributed by atoms with Gasteiger partial charge in [-0.2, -0.15) is 0 Å². The molecular weight excluding hydrogens is 215 g/mol. The Hall–Kier alpha value is -1.36. The van der Waals surface area contributed by atoms with Crippen LogP contribution in [0.5, 0.6) is 5.75 Å². The molecule has 0 spiro atoms. The van der Waals surface area contributed by atoms with E-state index in [1.807, 2.05) is 6.07 Å². The van der Waals surface area contributed by atoms with Gasteiger partial charge in [0, 0.05) is 18.7 Å². The number of phenols is 1. The summed E-state index contributed by atoms with van der Waals surface area (Å²) in [7, 11) is 0. The molecule has 0 atom stereocenters. The molecule has 3 nitrogen and oxygen atoms in total. The van der Waals surface area contributed by atoms with Crippen molar-refractivity contribution < 1.29 is 9.50 Å². The van der Waals surface area contributed by atoms with E-state index in [4.69, 9.17) is 12.2 Å². The molecule has 0 saturated carbocycles. The van der Waals surface area contributed by atoms with Gasteiger partial charge < -0.3 is 15.7 Å². The molecule has 1 rings (SSSR count). The summed E-state index contributed by atoms with van der Waals surface area (Å²) >= 11 is 4.89. The standard InChI is InChI=1S/C10H13FN2OS/c11-5-6-12-10(15)13-7-8-3-1-2-4-9(8)14/h1-4,14H,5-7H2,(H2,12,13,15). The van der Waals surface area contributed by atoms with Crippen molar-refractivity contribution in [2.45, 2.75) is 6.54 Å². The van der Waals surface area contributed by atoms with E-state index in [2.05, 4.69) is 10.6 Å².